The highest BCUT2D eigenvalue weighted by Gasteiger charge is 2.12. The maximum Gasteiger partial charge on any atom is 0.243 e. The molecule has 1 aromatic carbocycles. The predicted octanol–water partition coefficient (Wildman–Crippen LogP) is 2.53. The van der Waals surface area contributed by atoms with Crippen molar-refractivity contribution in [1.82, 2.24) is 19.9 Å². The number of hydrogen-bond acceptors (Lipinski definition) is 5. The number of carbonyl (C=O) groups excluding carboxylic acids is 1. The van der Waals surface area contributed by atoms with Gasteiger partial charge < -0.3 is 14.8 Å². The van der Waals surface area contributed by atoms with Crippen molar-refractivity contribution in [2.24, 2.45) is 0 Å². The van der Waals surface area contributed by atoms with E-state index in [2.05, 4.69) is 15.4 Å². The summed E-state index contributed by atoms with van der Waals surface area (Å²) in [5, 5.41) is 7.26. The third-order valence-electron chi connectivity index (χ3n) is 4.25. The Labute approximate surface area is 156 Å². The van der Waals surface area contributed by atoms with Crippen LogP contribution < -0.4 is 14.8 Å². The number of hydrogen-bond donors (Lipinski definition) is 1. The molecule has 0 saturated carbocycles. The van der Waals surface area contributed by atoms with Gasteiger partial charge in [0.2, 0.25) is 12.7 Å². The van der Waals surface area contributed by atoms with Crippen LogP contribution in [0.2, 0.25) is 0 Å². The molecule has 1 aliphatic rings. The van der Waals surface area contributed by atoms with Crippen molar-refractivity contribution in [3.05, 3.63) is 59.6 Å². The van der Waals surface area contributed by atoms with E-state index in [0.717, 1.165) is 41.1 Å². The van der Waals surface area contributed by atoms with Crippen molar-refractivity contribution in [3.63, 3.8) is 0 Å². The zero-order valence-electron chi connectivity index (χ0n) is 15.0. The molecular formula is C20H20N4O3. The highest BCUT2D eigenvalue weighted by atomic mass is 16.7. The fourth-order valence-electron chi connectivity index (χ4n) is 2.91. The van der Waals surface area contributed by atoms with E-state index in [9.17, 15) is 4.79 Å². The second kappa shape index (κ2) is 7.49. The number of aromatic nitrogens is 3. The minimum absolute atomic E-state index is 0.121. The topological polar surface area (TPSA) is 77.8 Å². The number of fused-ring (bicyclic) bond motifs is 2. The molecule has 0 bridgehead atoms. The molecule has 1 aliphatic heterocycles. The van der Waals surface area contributed by atoms with Crippen molar-refractivity contribution in [2.45, 2.75) is 19.8 Å². The van der Waals surface area contributed by atoms with Gasteiger partial charge in [0.05, 0.1) is 5.69 Å². The van der Waals surface area contributed by atoms with Crippen molar-refractivity contribution in [2.75, 3.05) is 13.3 Å². The van der Waals surface area contributed by atoms with E-state index in [0.29, 0.717) is 12.3 Å². The molecule has 0 fully saturated rings. The first-order valence-corrected chi connectivity index (χ1v) is 8.84. The lowest BCUT2D eigenvalue weighted by molar-refractivity contribution is -0.116. The molecule has 3 aromatic rings. The molecular weight excluding hydrogens is 344 g/mol. The van der Waals surface area contributed by atoms with E-state index in [1.165, 1.54) is 6.08 Å². The smallest absolute Gasteiger partial charge is 0.243 e. The summed E-state index contributed by atoms with van der Waals surface area (Å²) in [5.74, 6) is 1.31. The van der Waals surface area contributed by atoms with E-state index >= 15 is 0 Å². The first kappa shape index (κ1) is 17.1. The number of nitrogens with one attached hydrogen (secondary N) is 1. The van der Waals surface area contributed by atoms with Gasteiger partial charge in [0.15, 0.2) is 17.1 Å². The summed E-state index contributed by atoms with van der Waals surface area (Å²) in [7, 11) is 0. The number of aryl methyl sites for hydroxylation is 2. The summed E-state index contributed by atoms with van der Waals surface area (Å²) < 4.78 is 12.4. The average Bonchev–Trinajstić information content (AvgIpc) is 3.27. The Kier molecular flexibility index (Phi) is 4.74. The van der Waals surface area contributed by atoms with E-state index in [1.807, 2.05) is 43.6 Å². The lowest BCUT2D eigenvalue weighted by atomic mass is 10.2. The van der Waals surface area contributed by atoms with E-state index in [-0.39, 0.29) is 12.7 Å². The number of benzene rings is 1. The van der Waals surface area contributed by atoms with Gasteiger partial charge in [-0.25, -0.2) is 9.50 Å². The van der Waals surface area contributed by atoms with Crippen LogP contribution >= 0.6 is 0 Å². The van der Waals surface area contributed by atoms with E-state index in [4.69, 9.17) is 9.47 Å². The fraction of sp³-hybridized carbons (Fsp3) is 0.250. The Balaban J connectivity index is 1.24. The maximum atomic E-state index is 12.0. The largest absolute Gasteiger partial charge is 0.454 e. The van der Waals surface area contributed by atoms with Gasteiger partial charge in [0.25, 0.3) is 0 Å². The van der Waals surface area contributed by atoms with Crippen LogP contribution in [0.15, 0.2) is 42.7 Å². The summed E-state index contributed by atoms with van der Waals surface area (Å²) in [5.41, 5.74) is 3.78. The number of rotatable bonds is 6. The molecule has 0 aliphatic carbocycles. The number of carbonyl (C=O) groups is 1. The van der Waals surface area contributed by atoms with Gasteiger partial charge in [-0.05, 0) is 49.1 Å². The lowest BCUT2D eigenvalue weighted by Gasteiger charge is -2.03. The van der Waals surface area contributed by atoms with Gasteiger partial charge >= 0.3 is 0 Å². The maximum absolute atomic E-state index is 12.0. The van der Waals surface area contributed by atoms with Crippen LogP contribution in [0.1, 0.15) is 23.2 Å². The first-order chi connectivity index (χ1) is 13.2. The van der Waals surface area contributed by atoms with Gasteiger partial charge in [-0.2, -0.15) is 5.10 Å². The molecule has 0 saturated heterocycles. The molecule has 7 heteroatoms. The van der Waals surface area contributed by atoms with Crippen LogP contribution in [0.25, 0.3) is 11.7 Å². The van der Waals surface area contributed by atoms with Crippen molar-refractivity contribution >= 4 is 17.6 Å². The lowest BCUT2D eigenvalue weighted by Crippen LogP contribution is -2.22. The highest BCUT2D eigenvalue weighted by molar-refractivity contribution is 5.91. The Morgan fingerprint density at radius 3 is 3.11 bits per heavy atom. The molecule has 3 heterocycles. The second-order valence-corrected chi connectivity index (χ2v) is 6.39. The molecule has 0 atom stereocenters. The van der Waals surface area contributed by atoms with Crippen molar-refractivity contribution in [3.8, 4) is 11.5 Å². The van der Waals surface area contributed by atoms with Gasteiger partial charge in [-0.3, -0.25) is 4.79 Å². The van der Waals surface area contributed by atoms with E-state index < -0.39 is 0 Å². The van der Waals surface area contributed by atoms with Gasteiger partial charge in [-0.15, -0.1) is 0 Å². The fourth-order valence-corrected chi connectivity index (χ4v) is 2.91. The van der Waals surface area contributed by atoms with Crippen molar-refractivity contribution < 1.29 is 14.3 Å². The minimum Gasteiger partial charge on any atom is -0.454 e. The zero-order valence-corrected chi connectivity index (χ0v) is 15.0. The Bertz CT molecular complexity index is 1010. The molecule has 4 rings (SSSR count). The van der Waals surface area contributed by atoms with Crippen LogP contribution in [0, 0.1) is 6.92 Å². The normalized spacial score (nSPS) is 12.8. The molecule has 1 N–H and O–H groups in total. The third-order valence-corrected chi connectivity index (χ3v) is 4.25. The Morgan fingerprint density at radius 1 is 1.30 bits per heavy atom. The predicted molar refractivity (Wildman–Crippen MR) is 101 cm³/mol. The summed E-state index contributed by atoms with van der Waals surface area (Å²) in [6, 6.07) is 7.52. The second-order valence-electron chi connectivity index (χ2n) is 6.39. The number of amides is 1. The summed E-state index contributed by atoms with van der Waals surface area (Å²) in [6.07, 6.45) is 8.78. The average molecular weight is 364 g/mol. The Morgan fingerprint density at radius 2 is 2.19 bits per heavy atom. The Hall–Kier alpha value is -3.35. The molecule has 0 unspecified atom stereocenters. The zero-order chi connectivity index (χ0) is 18.6. The van der Waals surface area contributed by atoms with Crippen LogP contribution in [0.4, 0.5) is 0 Å². The number of ether oxygens (including phenoxy) is 2. The minimum atomic E-state index is -0.121. The van der Waals surface area contributed by atoms with Gasteiger partial charge in [0.1, 0.15) is 0 Å². The molecule has 0 spiro atoms. The summed E-state index contributed by atoms with van der Waals surface area (Å²) >= 11 is 0. The molecule has 27 heavy (non-hydrogen) atoms. The van der Waals surface area contributed by atoms with Gasteiger partial charge in [-0.1, -0.05) is 6.07 Å². The third kappa shape index (κ3) is 4.08. The molecule has 1 amide bonds. The first-order valence-electron chi connectivity index (χ1n) is 8.84. The van der Waals surface area contributed by atoms with Crippen molar-refractivity contribution in [1.29, 1.82) is 0 Å². The van der Waals surface area contributed by atoms with Crippen LogP contribution in [0.3, 0.4) is 0 Å². The molecule has 138 valence electrons. The van der Waals surface area contributed by atoms with Crippen LogP contribution in [-0.2, 0) is 11.2 Å². The van der Waals surface area contributed by atoms with Crippen LogP contribution in [0.5, 0.6) is 11.5 Å². The van der Waals surface area contributed by atoms with Gasteiger partial charge in [0, 0.05) is 31.1 Å². The molecule has 0 radical (unpaired) electrons. The monoisotopic (exact) mass is 364 g/mol. The molecule has 7 nitrogen and oxygen atoms in total. The summed E-state index contributed by atoms with van der Waals surface area (Å²) in [4.78, 5) is 16.3. The summed E-state index contributed by atoms with van der Waals surface area (Å²) in [6.45, 7) is 2.78. The quantitative estimate of drug-likeness (QED) is 0.537. The standard InChI is InChI=1S/C20H20N4O3/c1-14-9-19-22-11-16(12-24(19)23-14)3-2-8-21-20(25)7-5-15-4-6-17-18(10-15)27-13-26-17/h4-7,9-12H,2-3,8,13H2,1H3,(H,21,25)/b7-5+. The highest BCUT2D eigenvalue weighted by Crippen LogP contribution is 2.32. The van der Waals surface area contributed by atoms with Crippen LogP contribution in [-0.4, -0.2) is 33.8 Å². The SMILES string of the molecule is Cc1cc2ncc(CCCNC(=O)/C=C/c3ccc4c(c3)OCO4)cn2n1. The number of nitrogens with zero attached hydrogens (tertiary/aromatic N) is 3. The molecule has 2 aromatic heterocycles. The van der Waals surface area contributed by atoms with E-state index in [1.54, 1.807) is 10.6 Å².